The van der Waals surface area contributed by atoms with Crippen molar-refractivity contribution in [2.24, 2.45) is 0 Å². The van der Waals surface area contributed by atoms with E-state index in [2.05, 4.69) is 14.3 Å². The minimum absolute atomic E-state index is 0.0984. The third-order valence-electron chi connectivity index (χ3n) is 6.27. The molecule has 0 spiro atoms. The van der Waals surface area contributed by atoms with E-state index < -0.39 is 27.7 Å². The first-order valence-corrected chi connectivity index (χ1v) is 13.2. The van der Waals surface area contributed by atoms with E-state index in [1.807, 2.05) is 0 Å². The highest BCUT2D eigenvalue weighted by Gasteiger charge is 2.24. The Kier molecular flexibility index (Phi) is 7.53. The molecule has 1 aliphatic rings. The first kappa shape index (κ1) is 26.6. The largest absolute Gasteiger partial charge is 0.422 e. The number of nitrogens with zero attached hydrogens (tertiary/aromatic N) is 2. The van der Waals surface area contributed by atoms with Crippen LogP contribution in [0, 0.1) is 12.7 Å². The van der Waals surface area contributed by atoms with Crippen molar-refractivity contribution >= 4 is 33.0 Å². The molecule has 12 heteroatoms. The van der Waals surface area contributed by atoms with Gasteiger partial charge in [-0.1, -0.05) is 12.1 Å². The van der Waals surface area contributed by atoms with Gasteiger partial charge in [-0.2, -0.15) is 8.42 Å². The minimum Gasteiger partial charge on any atom is -0.422 e. The summed E-state index contributed by atoms with van der Waals surface area (Å²) in [5, 5.41) is 0.663. The number of carbonyl (C=O) groups is 1. The zero-order valence-electron chi connectivity index (χ0n) is 21.1. The third-order valence-corrected chi connectivity index (χ3v) is 7.29. The lowest BCUT2D eigenvalue weighted by molar-refractivity contribution is 0.171. The molecule has 1 amide bonds. The molecule has 0 unspecified atom stereocenters. The molecule has 1 saturated heterocycles. The van der Waals surface area contributed by atoms with Crippen molar-refractivity contribution in [1.29, 1.82) is 0 Å². The van der Waals surface area contributed by atoms with Crippen LogP contribution in [0.25, 0.3) is 11.0 Å². The molecule has 2 aromatic carbocycles. The van der Waals surface area contributed by atoms with Crippen LogP contribution in [0.4, 0.5) is 14.9 Å². The monoisotopic (exact) mass is 532 g/mol. The third kappa shape index (κ3) is 5.76. The number of amides is 1. The quantitative estimate of drug-likeness (QED) is 0.428. The number of nitrogens with one attached hydrogen (secondary N) is 2. The van der Waals surface area contributed by atoms with Crippen molar-refractivity contribution in [2.45, 2.75) is 26.3 Å². The van der Waals surface area contributed by atoms with Crippen LogP contribution in [-0.2, 0) is 23.2 Å². The molecule has 2 heterocycles. The van der Waals surface area contributed by atoms with Gasteiger partial charge >= 0.3 is 11.7 Å². The lowest BCUT2D eigenvalue weighted by Crippen LogP contribution is -2.37. The number of halogens is 1. The predicted octanol–water partition coefficient (Wildman–Crippen LogP) is 2.97. The highest BCUT2D eigenvalue weighted by Crippen LogP contribution is 2.31. The number of likely N-dealkylation sites (tertiary alicyclic amines) is 1. The van der Waals surface area contributed by atoms with Gasteiger partial charge < -0.3 is 14.1 Å². The zero-order valence-corrected chi connectivity index (χ0v) is 21.9. The summed E-state index contributed by atoms with van der Waals surface area (Å²) in [6.45, 7) is 3.98. The van der Waals surface area contributed by atoms with Crippen molar-refractivity contribution in [2.75, 3.05) is 39.0 Å². The van der Waals surface area contributed by atoms with Crippen molar-refractivity contribution in [3.05, 3.63) is 68.8 Å². The molecule has 1 aliphatic heterocycles. The molecule has 198 valence electrons. The van der Waals surface area contributed by atoms with Crippen LogP contribution in [0.1, 0.15) is 28.7 Å². The normalized spacial score (nSPS) is 13.9. The van der Waals surface area contributed by atoms with Gasteiger partial charge in [-0.25, -0.2) is 18.7 Å². The summed E-state index contributed by atoms with van der Waals surface area (Å²) in [5.41, 5.74) is 1.17. The molecule has 0 bridgehead atoms. The molecule has 0 atom stereocenters. The van der Waals surface area contributed by atoms with Crippen LogP contribution in [0.3, 0.4) is 0 Å². The summed E-state index contributed by atoms with van der Waals surface area (Å²) < 4.78 is 54.3. The highest BCUT2D eigenvalue weighted by molar-refractivity contribution is 7.90. The second-order valence-corrected chi connectivity index (χ2v) is 10.7. The summed E-state index contributed by atoms with van der Waals surface area (Å²) in [7, 11) is 0.407. The molecule has 0 radical (unpaired) electrons. The van der Waals surface area contributed by atoms with Gasteiger partial charge in [-0.15, -0.1) is 0 Å². The standard InChI is InChI=1S/C25H29FN4O6S/c1-15-11-17-19(14-30-9-6-10-30)18(24(31)35-22(17)13-21(15)36-25(32)29(3)4)12-16-7-5-8-20(23(16)26)28-37(33,34)27-2/h5,7-8,11,13,27-28H,6,9-10,12,14H2,1-4H3. The summed E-state index contributed by atoms with van der Waals surface area (Å²) in [6, 6.07) is 7.63. The smallest absolute Gasteiger partial charge is 0.414 e. The van der Waals surface area contributed by atoms with Gasteiger partial charge in [-0.3, -0.25) is 9.62 Å². The summed E-state index contributed by atoms with van der Waals surface area (Å²) in [4.78, 5) is 28.7. The fraction of sp³-hybridized carbons (Fsp3) is 0.360. The van der Waals surface area contributed by atoms with Gasteiger partial charge in [0.15, 0.2) is 5.82 Å². The zero-order chi connectivity index (χ0) is 26.9. The fourth-order valence-corrected chi connectivity index (χ4v) is 4.59. The average molecular weight is 533 g/mol. The van der Waals surface area contributed by atoms with Crippen LogP contribution in [-0.4, -0.2) is 58.5 Å². The summed E-state index contributed by atoms with van der Waals surface area (Å²) >= 11 is 0. The van der Waals surface area contributed by atoms with E-state index in [1.165, 1.54) is 36.2 Å². The van der Waals surface area contributed by atoms with E-state index >= 15 is 4.39 Å². The Balaban J connectivity index is 1.81. The maximum absolute atomic E-state index is 15.3. The number of fused-ring (bicyclic) bond motifs is 1. The minimum atomic E-state index is -3.93. The molecule has 0 saturated carbocycles. The first-order valence-electron chi connectivity index (χ1n) is 11.7. The van der Waals surface area contributed by atoms with Crippen LogP contribution in [0.5, 0.6) is 5.75 Å². The van der Waals surface area contributed by atoms with E-state index in [9.17, 15) is 18.0 Å². The molecule has 10 nitrogen and oxygen atoms in total. The molecule has 1 fully saturated rings. The number of rotatable bonds is 8. The van der Waals surface area contributed by atoms with Crippen LogP contribution in [0.15, 0.2) is 39.5 Å². The SMILES string of the molecule is CNS(=O)(=O)Nc1cccc(Cc2c(CN3CCC3)c3cc(C)c(OC(=O)N(C)C)cc3oc2=O)c1F. The number of ether oxygens (including phenoxy) is 1. The topological polar surface area (TPSA) is 121 Å². The van der Waals surface area contributed by atoms with E-state index in [1.54, 1.807) is 27.1 Å². The maximum atomic E-state index is 15.3. The van der Waals surface area contributed by atoms with Gasteiger partial charge in [0, 0.05) is 51.1 Å². The maximum Gasteiger partial charge on any atom is 0.414 e. The second kappa shape index (κ2) is 10.5. The number of aryl methyl sites for hydroxylation is 1. The van der Waals surface area contributed by atoms with Gasteiger partial charge in [-0.05, 0) is 55.3 Å². The average Bonchev–Trinajstić information content (AvgIpc) is 2.81. The number of anilines is 1. The number of hydrogen-bond donors (Lipinski definition) is 2. The Morgan fingerprint density at radius 3 is 2.57 bits per heavy atom. The Morgan fingerprint density at radius 1 is 1.22 bits per heavy atom. The number of carbonyl (C=O) groups excluding carboxylic acids is 1. The van der Waals surface area contributed by atoms with Crippen LogP contribution < -0.4 is 19.8 Å². The molecule has 37 heavy (non-hydrogen) atoms. The van der Waals surface area contributed by atoms with Crippen molar-refractivity contribution in [1.82, 2.24) is 14.5 Å². The fourth-order valence-electron chi connectivity index (χ4n) is 4.04. The van der Waals surface area contributed by atoms with Gasteiger partial charge in [0.25, 0.3) is 10.2 Å². The van der Waals surface area contributed by atoms with Crippen LogP contribution >= 0.6 is 0 Å². The Bertz CT molecular complexity index is 1520. The Morgan fingerprint density at radius 2 is 1.95 bits per heavy atom. The summed E-state index contributed by atoms with van der Waals surface area (Å²) in [5.74, 6) is -0.509. The molecular formula is C25H29FN4O6S. The van der Waals surface area contributed by atoms with Crippen molar-refractivity contribution in [3.8, 4) is 5.75 Å². The molecule has 3 aromatic rings. The highest BCUT2D eigenvalue weighted by atomic mass is 32.2. The molecule has 4 rings (SSSR count). The first-order chi connectivity index (χ1) is 17.5. The van der Waals surface area contributed by atoms with Crippen LogP contribution in [0.2, 0.25) is 0 Å². The molecule has 2 N–H and O–H groups in total. The predicted molar refractivity (Wildman–Crippen MR) is 138 cm³/mol. The molecule has 1 aromatic heterocycles. The van der Waals surface area contributed by atoms with Gasteiger partial charge in [0.1, 0.15) is 11.3 Å². The Hall–Kier alpha value is -3.48. The van der Waals surface area contributed by atoms with E-state index in [4.69, 9.17) is 9.15 Å². The van der Waals surface area contributed by atoms with E-state index in [0.717, 1.165) is 19.5 Å². The van der Waals surface area contributed by atoms with Crippen molar-refractivity contribution < 1.29 is 26.8 Å². The second-order valence-electron chi connectivity index (χ2n) is 9.12. The Labute approximate surface area is 214 Å². The molecular weight excluding hydrogens is 503 g/mol. The lowest BCUT2D eigenvalue weighted by Gasteiger charge is -2.31. The van der Waals surface area contributed by atoms with Crippen molar-refractivity contribution in [3.63, 3.8) is 0 Å². The molecule has 0 aliphatic carbocycles. The lowest BCUT2D eigenvalue weighted by atomic mass is 9.96. The summed E-state index contributed by atoms with van der Waals surface area (Å²) in [6.07, 6.45) is 0.380. The number of benzene rings is 2. The van der Waals surface area contributed by atoms with Gasteiger partial charge in [0.05, 0.1) is 5.69 Å². The van der Waals surface area contributed by atoms with E-state index in [0.29, 0.717) is 23.1 Å². The van der Waals surface area contributed by atoms with Gasteiger partial charge in [0.2, 0.25) is 0 Å². The number of hydrogen-bond acceptors (Lipinski definition) is 7. The van der Waals surface area contributed by atoms with E-state index in [-0.39, 0.29) is 34.6 Å².